The van der Waals surface area contributed by atoms with Crippen molar-refractivity contribution in [3.63, 3.8) is 0 Å². The minimum absolute atomic E-state index is 0.170. The van der Waals surface area contributed by atoms with Crippen LogP contribution in [-0.4, -0.2) is 87.4 Å². The molecule has 0 aromatic rings. The molecule has 0 fully saturated rings. The Kier molecular flexibility index (Phi) is 60.6. The van der Waals surface area contributed by atoms with Crippen LogP contribution < -0.4 is 0 Å². The molecule has 0 aromatic heterocycles. The molecule has 0 aromatic carbocycles. The number of hydrogen-bond acceptors (Lipinski definition) is 7. The van der Waals surface area contributed by atoms with Gasteiger partial charge >= 0.3 is 17.9 Å². The number of quaternary nitrogens is 1. The summed E-state index contributed by atoms with van der Waals surface area (Å²) in [6.07, 6.45) is 94.5. The summed E-state index contributed by atoms with van der Waals surface area (Å²) in [5, 5.41) is 9.74. The number of likely N-dealkylation sites (N-methyl/N-ethyl adjacent to an activating group) is 1. The van der Waals surface area contributed by atoms with Crippen molar-refractivity contribution in [2.75, 3.05) is 47.5 Å². The summed E-state index contributed by atoms with van der Waals surface area (Å²) in [5.74, 6) is -2.08. The van der Waals surface area contributed by atoms with Crippen LogP contribution in [-0.2, 0) is 33.3 Å². The van der Waals surface area contributed by atoms with Crippen LogP contribution in [0.5, 0.6) is 0 Å². The van der Waals surface area contributed by atoms with Crippen LogP contribution in [0.4, 0.5) is 0 Å². The highest BCUT2D eigenvalue weighted by Gasteiger charge is 2.25. The van der Waals surface area contributed by atoms with Crippen LogP contribution in [0.1, 0.15) is 232 Å². The Morgan fingerprint density at radius 2 is 0.635 bits per heavy atom. The number of carboxylic acids is 1. The number of carbonyl (C=O) groups excluding carboxylic acids is 2. The van der Waals surface area contributed by atoms with Crippen molar-refractivity contribution >= 4 is 17.9 Å². The lowest BCUT2D eigenvalue weighted by Gasteiger charge is -2.25. The summed E-state index contributed by atoms with van der Waals surface area (Å²) < 4.78 is 22.9. The molecule has 0 amide bonds. The van der Waals surface area contributed by atoms with Crippen LogP contribution in [0.3, 0.4) is 0 Å². The Labute approximate surface area is 520 Å². The van der Waals surface area contributed by atoms with Gasteiger partial charge in [0.15, 0.2) is 6.10 Å². The smallest absolute Gasteiger partial charge is 0.361 e. The number of rotatable bonds is 59. The molecule has 0 radical (unpaired) electrons. The van der Waals surface area contributed by atoms with Gasteiger partial charge in [-0.25, -0.2) is 4.79 Å². The summed E-state index contributed by atoms with van der Waals surface area (Å²) in [6, 6.07) is 0. The Bertz CT molecular complexity index is 2000. The Hall–Kier alpha value is -5.35. The molecule has 0 aliphatic carbocycles. The van der Waals surface area contributed by atoms with Crippen molar-refractivity contribution in [1.29, 1.82) is 0 Å². The number of allylic oxidation sites excluding steroid dienone is 28. The van der Waals surface area contributed by atoms with Crippen molar-refractivity contribution in [3.05, 3.63) is 170 Å². The number of nitrogens with zero attached hydrogens (tertiary/aromatic N) is 1. The van der Waals surface area contributed by atoms with Crippen LogP contribution in [0.25, 0.3) is 0 Å². The molecule has 9 heteroatoms. The summed E-state index contributed by atoms with van der Waals surface area (Å²) in [4.78, 5) is 37.6. The second kappa shape index (κ2) is 64.6. The van der Waals surface area contributed by atoms with E-state index in [0.717, 1.165) is 122 Å². The van der Waals surface area contributed by atoms with Crippen LogP contribution in [0.2, 0.25) is 0 Å². The first kappa shape index (κ1) is 79.7. The minimum Gasteiger partial charge on any atom is -0.477 e. The molecule has 478 valence electrons. The van der Waals surface area contributed by atoms with Crippen LogP contribution in [0.15, 0.2) is 170 Å². The number of aliphatic carboxylic acids is 1. The molecule has 0 saturated heterocycles. The second-order valence-electron chi connectivity index (χ2n) is 22.7. The van der Waals surface area contributed by atoms with Gasteiger partial charge in [0.25, 0.3) is 6.29 Å². The maximum absolute atomic E-state index is 12.9. The number of esters is 2. The molecule has 9 nitrogen and oxygen atoms in total. The van der Waals surface area contributed by atoms with Crippen LogP contribution >= 0.6 is 0 Å². The largest absolute Gasteiger partial charge is 0.477 e. The molecule has 0 aliphatic heterocycles. The molecule has 0 rings (SSSR count). The number of unbranched alkanes of at least 4 members (excludes halogenated alkanes) is 16. The summed E-state index contributed by atoms with van der Waals surface area (Å²) in [5.41, 5.74) is 0. The Balaban J connectivity index is 4.30. The number of carbonyl (C=O) groups is 3. The van der Waals surface area contributed by atoms with Gasteiger partial charge in [-0.1, -0.05) is 261 Å². The van der Waals surface area contributed by atoms with Crippen molar-refractivity contribution in [1.82, 2.24) is 0 Å². The molecular formula is C76H122NO8+. The first-order valence-electron chi connectivity index (χ1n) is 33.3. The third kappa shape index (κ3) is 66.0. The van der Waals surface area contributed by atoms with E-state index in [1.807, 2.05) is 21.1 Å². The summed E-state index contributed by atoms with van der Waals surface area (Å²) >= 11 is 0. The van der Waals surface area contributed by atoms with Gasteiger partial charge in [0.1, 0.15) is 13.2 Å². The molecule has 0 spiro atoms. The predicted octanol–water partition coefficient (Wildman–Crippen LogP) is 20.7. The predicted molar refractivity (Wildman–Crippen MR) is 363 cm³/mol. The highest BCUT2D eigenvalue weighted by atomic mass is 16.7. The zero-order valence-electron chi connectivity index (χ0n) is 54.4. The Morgan fingerprint density at radius 3 is 0.965 bits per heavy atom. The molecule has 0 bridgehead atoms. The van der Waals surface area contributed by atoms with Gasteiger partial charge in [0.05, 0.1) is 34.4 Å². The molecule has 85 heavy (non-hydrogen) atoms. The summed E-state index contributed by atoms with van der Waals surface area (Å²) in [6.45, 7) is 4.58. The molecule has 2 atom stereocenters. The minimum atomic E-state index is -1.53. The maximum Gasteiger partial charge on any atom is 0.361 e. The van der Waals surface area contributed by atoms with E-state index in [9.17, 15) is 19.5 Å². The van der Waals surface area contributed by atoms with Crippen molar-refractivity contribution in [2.45, 2.75) is 245 Å². The lowest BCUT2D eigenvalue weighted by atomic mass is 10.0. The van der Waals surface area contributed by atoms with E-state index in [-0.39, 0.29) is 38.6 Å². The average Bonchev–Trinajstić information content (AvgIpc) is 3.49. The third-order valence-corrected chi connectivity index (χ3v) is 13.5. The number of ether oxygens (including phenoxy) is 4. The quantitative estimate of drug-likeness (QED) is 0.0211. The second-order valence-corrected chi connectivity index (χ2v) is 22.7. The molecule has 2 unspecified atom stereocenters. The van der Waals surface area contributed by atoms with Gasteiger partial charge in [0.2, 0.25) is 0 Å². The fourth-order valence-electron chi connectivity index (χ4n) is 8.44. The molecule has 0 saturated carbocycles. The number of carboxylic acid groups (broad SMARTS) is 1. The normalized spacial score (nSPS) is 13.8. The van der Waals surface area contributed by atoms with E-state index in [4.69, 9.17) is 18.9 Å². The van der Waals surface area contributed by atoms with E-state index < -0.39 is 24.3 Å². The van der Waals surface area contributed by atoms with Gasteiger partial charge in [-0.3, -0.25) is 9.59 Å². The van der Waals surface area contributed by atoms with Gasteiger partial charge < -0.3 is 28.5 Å². The van der Waals surface area contributed by atoms with Crippen molar-refractivity contribution in [3.8, 4) is 0 Å². The average molecular weight is 1180 g/mol. The lowest BCUT2D eigenvalue weighted by molar-refractivity contribution is -0.870. The first-order valence-corrected chi connectivity index (χ1v) is 33.3. The van der Waals surface area contributed by atoms with E-state index in [0.29, 0.717) is 17.4 Å². The maximum atomic E-state index is 12.9. The number of hydrogen-bond donors (Lipinski definition) is 1. The van der Waals surface area contributed by atoms with E-state index in [1.54, 1.807) is 0 Å². The van der Waals surface area contributed by atoms with Gasteiger partial charge in [-0.2, -0.15) is 0 Å². The zero-order valence-corrected chi connectivity index (χ0v) is 54.4. The standard InChI is InChI=1S/C76H121NO8/c1-6-8-10-12-14-16-18-20-22-24-26-28-30-32-34-35-36-37-38-39-41-43-45-47-49-51-53-55-57-59-61-63-65-67-74(79)85-72(71-84-76(75(80)81)82-69-68-77(3,4)5)70-83-73(78)66-64-62-60-58-56-54-52-50-48-46-44-42-40-33-31-29-27-25-23-21-19-17-15-13-11-9-7-2/h8-11,14-17,20-23,26-29,32,34,36-37,39,41,45,47,51,53,57,59,72,76H,6-7,12-13,18-19,24-25,30-31,33,35,38,40,42-44,46,48-50,52,54-56,58,60-71H2,1-5H3/p+1/b10-8-,11-9-,16-14-,17-15-,22-20-,23-21-,28-26-,29-27-,34-32-,37-36-,41-39-,47-45-,53-51-,59-57-. The van der Waals surface area contributed by atoms with Gasteiger partial charge in [-0.05, 0) is 128 Å². The zero-order chi connectivity index (χ0) is 61.9. The Morgan fingerprint density at radius 1 is 0.353 bits per heavy atom. The fraction of sp³-hybridized carbons (Fsp3) is 0.592. The third-order valence-electron chi connectivity index (χ3n) is 13.5. The molecule has 0 heterocycles. The SMILES string of the molecule is CC/C=C\C/C=C\C/C=C\C/C=C\C/C=C\C/C=C\C/C=C\C/C=C\C/C=C\C/C=C\CCCCC(=O)OC(COC(=O)CCCCCCCCCCCCCCCC/C=C\C/C=C\C/C=C\C/C=C\CC)COC(OCC[N+](C)(C)C)C(=O)O. The highest BCUT2D eigenvalue weighted by Crippen LogP contribution is 2.15. The molecule has 1 N–H and O–H groups in total. The topological polar surface area (TPSA) is 108 Å². The first-order chi connectivity index (χ1) is 41.6. The van der Waals surface area contributed by atoms with Crippen LogP contribution in [0, 0.1) is 0 Å². The summed E-state index contributed by atoms with van der Waals surface area (Å²) in [7, 11) is 5.95. The van der Waals surface area contributed by atoms with Crippen molar-refractivity contribution < 1.29 is 42.9 Å². The fourth-order valence-corrected chi connectivity index (χ4v) is 8.44. The molecule has 0 aliphatic rings. The van der Waals surface area contributed by atoms with E-state index >= 15 is 0 Å². The monoisotopic (exact) mass is 1180 g/mol. The van der Waals surface area contributed by atoms with Crippen molar-refractivity contribution in [2.24, 2.45) is 0 Å². The highest BCUT2D eigenvalue weighted by molar-refractivity contribution is 5.71. The van der Waals surface area contributed by atoms with E-state index in [2.05, 4.69) is 184 Å². The van der Waals surface area contributed by atoms with E-state index in [1.165, 1.54) is 77.0 Å². The lowest BCUT2D eigenvalue weighted by Crippen LogP contribution is -2.40. The van der Waals surface area contributed by atoms with Gasteiger partial charge in [-0.15, -0.1) is 0 Å². The van der Waals surface area contributed by atoms with Gasteiger partial charge in [0, 0.05) is 12.8 Å². The molecular weight excluding hydrogens is 1050 g/mol.